The topological polar surface area (TPSA) is 38.6 Å². The third kappa shape index (κ3) is 5.43. The van der Waals surface area contributed by atoms with E-state index >= 15 is 0 Å². The van der Waals surface area contributed by atoms with E-state index in [1.807, 2.05) is 12.1 Å². The lowest BCUT2D eigenvalue weighted by atomic mass is 10.1. The van der Waals surface area contributed by atoms with Gasteiger partial charge in [0.15, 0.2) is 8.07 Å². The number of hydrogen-bond acceptors (Lipinski definition) is 1. The first-order valence-electron chi connectivity index (χ1n) is 22.5. The molecule has 0 fully saturated rings. The quantitative estimate of drug-likeness (QED) is 0.116. The number of para-hydroxylation sites is 3. The molecule has 0 spiro atoms. The summed E-state index contributed by atoms with van der Waals surface area (Å²) in [6, 6.07) is 90.9. The summed E-state index contributed by atoms with van der Waals surface area (Å²) in [7, 11) is -2.70. The predicted molar refractivity (Wildman–Crippen MR) is 278 cm³/mol. The van der Waals surface area contributed by atoms with Crippen LogP contribution in [0.3, 0.4) is 0 Å². The molecule has 0 amide bonds. The molecule has 0 atom stereocenters. The minimum Gasteiger partial charge on any atom is -0.309 e. The lowest BCUT2D eigenvalue weighted by Gasteiger charge is -2.34. The number of rotatable bonds is 7. The van der Waals surface area contributed by atoms with E-state index in [1.165, 1.54) is 42.3 Å². The van der Waals surface area contributed by atoms with E-state index in [9.17, 15) is 5.26 Å². The molecule has 308 valence electrons. The van der Waals surface area contributed by atoms with Crippen LogP contribution in [-0.4, -0.2) is 21.8 Å². The zero-order chi connectivity index (χ0) is 43.8. The molecule has 5 heteroatoms. The molecule has 13 rings (SSSR count). The molecule has 0 N–H and O–H groups in total. The average Bonchev–Trinajstić information content (AvgIpc) is 4.03. The first-order chi connectivity index (χ1) is 32.7. The van der Waals surface area contributed by atoms with Gasteiger partial charge in [0.1, 0.15) is 0 Å². The lowest BCUT2D eigenvalue weighted by molar-refractivity contribution is 1.17. The van der Waals surface area contributed by atoms with Crippen molar-refractivity contribution >= 4 is 94.2 Å². The van der Waals surface area contributed by atoms with Crippen molar-refractivity contribution < 1.29 is 0 Å². The number of fused-ring (bicyclic) bond motifs is 9. The Kier molecular flexibility index (Phi) is 8.57. The summed E-state index contributed by atoms with van der Waals surface area (Å²) in [5.41, 5.74) is 10.8. The largest absolute Gasteiger partial charge is 0.309 e. The van der Waals surface area contributed by atoms with Gasteiger partial charge in [-0.2, -0.15) is 5.26 Å². The number of aromatic nitrogens is 3. The third-order valence-electron chi connectivity index (χ3n) is 13.8. The Hall–Kier alpha value is -8.69. The van der Waals surface area contributed by atoms with Gasteiger partial charge in [-0.25, -0.2) is 0 Å². The second-order valence-electron chi connectivity index (χ2n) is 17.1. The smallest absolute Gasteiger partial charge is 0.179 e. The van der Waals surface area contributed by atoms with Crippen LogP contribution < -0.4 is 20.7 Å². The third-order valence-corrected chi connectivity index (χ3v) is 18.6. The van der Waals surface area contributed by atoms with Crippen molar-refractivity contribution in [2.75, 3.05) is 0 Å². The molecule has 4 nitrogen and oxygen atoms in total. The molecule has 13 aromatic rings. The highest BCUT2D eigenvalue weighted by molar-refractivity contribution is 7.19. The molecule has 0 bridgehead atoms. The van der Waals surface area contributed by atoms with Gasteiger partial charge in [-0.05, 0) is 93.5 Å². The highest BCUT2D eigenvalue weighted by atomic mass is 28.3. The van der Waals surface area contributed by atoms with Crippen LogP contribution in [-0.2, 0) is 0 Å². The van der Waals surface area contributed by atoms with Crippen LogP contribution in [0.2, 0.25) is 0 Å². The van der Waals surface area contributed by atoms with Gasteiger partial charge in [-0.3, -0.25) is 0 Å². The zero-order valence-corrected chi connectivity index (χ0v) is 36.9. The van der Waals surface area contributed by atoms with Crippen molar-refractivity contribution in [1.82, 2.24) is 13.7 Å². The Balaban J connectivity index is 1.04. The van der Waals surface area contributed by atoms with Gasteiger partial charge in [0.25, 0.3) is 0 Å². The fraction of sp³-hybridized carbons (Fsp3) is 0. The minimum atomic E-state index is -2.70. The van der Waals surface area contributed by atoms with Gasteiger partial charge in [-0.15, -0.1) is 0 Å². The maximum absolute atomic E-state index is 9.87. The Bertz CT molecular complexity index is 3950. The van der Waals surface area contributed by atoms with Crippen molar-refractivity contribution in [3.05, 3.63) is 248 Å². The van der Waals surface area contributed by atoms with E-state index in [0.717, 1.165) is 60.9 Å². The molecule has 3 aromatic heterocycles. The molecule has 3 heterocycles. The number of nitriles is 1. The summed E-state index contributed by atoms with van der Waals surface area (Å²) >= 11 is 0. The van der Waals surface area contributed by atoms with Crippen LogP contribution in [0, 0.1) is 11.3 Å². The second kappa shape index (κ2) is 15.0. The average molecular weight is 857 g/mol. The fourth-order valence-corrected chi connectivity index (χ4v) is 15.9. The van der Waals surface area contributed by atoms with Gasteiger partial charge in [0.05, 0.1) is 56.1 Å². The van der Waals surface area contributed by atoms with Crippen LogP contribution in [0.4, 0.5) is 0 Å². The van der Waals surface area contributed by atoms with Crippen LogP contribution in [0.15, 0.2) is 243 Å². The molecule has 0 saturated heterocycles. The molecule has 0 aliphatic carbocycles. The van der Waals surface area contributed by atoms with Crippen LogP contribution in [0.5, 0.6) is 0 Å². The van der Waals surface area contributed by atoms with E-state index in [4.69, 9.17) is 0 Å². The van der Waals surface area contributed by atoms with E-state index < -0.39 is 8.07 Å². The molecule has 0 saturated carbocycles. The Labute approximate surface area is 382 Å². The summed E-state index contributed by atoms with van der Waals surface area (Å²) in [6.45, 7) is 0. The summed E-state index contributed by atoms with van der Waals surface area (Å²) in [5, 5.41) is 22.3. The molecule has 10 aromatic carbocycles. The first kappa shape index (κ1) is 37.8. The van der Waals surface area contributed by atoms with Crippen molar-refractivity contribution in [2.24, 2.45) is 0 Å². The van der Waals surface area contributed by atoms with Crippen molar-refractivity contribution in [1.29, 1.82) is 5.26 Å². The lowest BCUT2D eigenvalue weighted by Crippen LogP contribution is -2.74. The van der Waals surface area contributed by atoms with Gasteiger partial charge < -0.3 is 13.7 Å². The number of hydrogen-bond donors (Lipinski definition) is 0. The van der Waals surface area contributed by atoms with Crippen molar-refractivity contribution in [3.63, 3.8) is 0 Å². The molecular weight excluding hydrogens is 817 g/mol. The number of benzene rings is 10. The molecule has 0 aliphatic heterocycles. The highest BCUT2D eigenvalue weighted by Crippen LogP contribution is 2.43. The van der Waals surface area contributed by atoms with Crippen molar-refractivity contribution in [2.45, 2.75) is 0 Å². The van der Waals surface area contributed by atoms with Gasteiger partial charge in [-0.1, -0.05) is 170 Å². The van der Waals surface area contributed by atoms with Crippen LogP contribution in [0.25, 0.3) is 82.5 Å². The maximum atomic E-state index is 9.87. The summed E-state index contributed by atoms with van der Waals surface area (Å²) < 4.78 is 7.30. The standard InChI is InChI=1S/C61H40N4Si/c62-41-42-34-39-55-51(40-42)48-24-10-13-27-52(48)64(55)57-31-17-33-59-61(57)50-26-12-15-29-54(50)65(59)58-32-16-30-56-60(58)49-25-11-14-28-53(49)63(56)43-35-37-47(38-36-43)66(44-18-4-1-5-19-44,45-20-6-2-7-21-45)46-22-8-3-9-23-46/h1-40H. The monoisotopic (exact) mass is 856 g/mol. The van der Waals surface area contributed by atoms with Crippen molar-refractivity contribution in [3.8, 4) is 23.1 Å². The molecule has 0 radical (unpaired) electrons. The second-order valence-corrected chi connectivity index (χ2v) is 20.9. The molecule has 66 heavy (non-hydrogen) atoms. The predicted octanol–water partition coefficient (Wildman–Crippen LogP) is 12.2. The van der Waals surface area contributed by atoms with E-state index in [-0.39, 0.29) is 0 Å². The maximum Gasteiger partial charge on any atom is 0.179 e. The number of nitrogens with zero attached hydrogens (tertiary/aromatic N) is 4. The van der Waals surface area contributed by atoms with Crippen LogP contribution >= 0.6 is 0 Å². The summed E-state index contributed by atoms with van der Waals surface area (Å²) in [5.74, 6) is 0. The van der Waals surface area contributed by atoms with E-state index in [2.05, 4.69) is 250 Å². The molecule has 0 aliphatic rings. The van der Waals surface area contributed by atoms with E-state index in [0.29, 0.717) is 5.56 Å². The summed E-state index contributed by atoms with van der Waals surface area (Å²) in [4.78, 5) is 0. The van der Waals surface area contributed by atoms with Gasteiger partial charge >= 0.3 is 0 Å². The molecule has 0 unspecified atom stereocenters. The van der Waals surface area contributed by atoms with Crippen LogP contribution in [0.1, 0.15) is 5.56 Å². The highest BCUT2D eigenvalue weighted by Gasteiger charge is 2.41. The van der Waals surface area contributed by atoms with Gasteiger partial charge in [0.2, 0.25) is 0 Å². The SMILES string of the molecule is N#Cc1ccc2c(c1)c1ccccc1n2-c1cccc2c1c1ccccc1n2-c1cccc2c1c1ccccc1n2-c1ccc([Si](c2ccccc2)(c2ccccc2)c2ccccc2)cc1. The van der Waals surface area contributed by atoms with Gasteiger partial charge in [0, 0.05) is 38.0 Å². The fourth-order valence-electron chi connectivity index (χ4n) is 11.1. The zero-order valence-electron chi connectivity index (χ0n) is 35.9. The van der Waals surface area contributed by atoms with E-state index in [1.54, 1.807) is 0 Å². The Morgan fingerprint density at radius 2 is 0.697 bits per heavy atom. The Morgan fingerprint density at radius 1 is 0.303 bits per heavy atom. The Morgan fingerprint density at radius 3 is 1.23 bits per heavy atom. The molecular formula is C61H40N4Si. The normalized spacial score (nSPS) is 11.9. The minimum absolute atomic E-state index is 0.657. The first-order valence-corrected chi connectivity index (χ1v) is 24.5. The summed E-state index contributed by atoms with van der Waals surface area (Å²) in [6.07, 6.45) is 0.